The van der Waals surface area contributed by atoms with Crippen LogP contribution in [-0.4, -0.2) is 38.3 Å². The summed E-state index contributed by atoms with van der Waals surface area (Å²) in [7, 11) is -3.48. The van der Waals surface area contributed by atoms with E-state index in [0.29, 0.717) is 41.7 Å². The second-order valence-corrected chi connectivity index (χ2v) is 19.3. The van der Waals surface area contributed by atoms with E-state index >= 15 is 0 Å². The van der Waals surface area contributed by atoms with Crippen LogP contribution in [0.25, 0.3) is 5.57 Å². The number of carbonyl (C=O) groups is 1. The summed E-state index contributed by atoms with van der Waals surface area (Å²) in [5.74, 6) is 2.08. The zero-order valence-electron chi connectivity index (χ0n) is 29.1. The Kier molecular flexibility index (Phi) is 8.33. The first-order valence-electron chi connectivity index (χ1n) is 17.8. The molecular weight excluding hydrogens is 593 g/mol. The SMILES string of the molecule is C=C(C)[C@@H]1CC[C@]2(CNCCS(N)(=O)=O)CC[C@]3(C)[C@H](CC[C@@H]4[C@@]5(C)CC=C(c6ccc(C(=O)O)cc6)C(C)(C)[C@@H]5CC[C@]43C)[C@@H]12. The van der Waals surface area contributed by atoms with Crippen molar-refractivity contribution in [3.8, 4) is 0 Å². The Hall–Kier alpha value is -1.96. The molecule has 0 aromatic heterocycles. The number of allylic oxidation sites excluding steroid dienone is 3. The standard InChI is InChI=1S/C39H58N2O4S/c1-25(2)28-14-19-39(24-41-22-23-46(40,44)45)21-20-37(6)30(33(28)39)12-13-32-36(5)17-15-29(26-8-10-27(11-9-26)34(42)43)35(3,4)31(36)16-18-38(32,37)7/h8-11,15,28,30-33,41H,1,12-14,16-24H2,2-7H3,(H,42,43)(H2,40,44,45)/t28-,30+,31-,32+,33+,36-,37+,38+,39+/m0/s1. The van der Waals surface area contributed by atoms with Crippen molar-refractivity contribution < 1.29 is 18.3 Å². The van der Waals surface area contributed by atoms with E-state index in [1.54, 1.807) is 12.1 Å². The average molecular weight is 651 g/mol. The fourth-order valence-electron chi connectivity index (χ4n) is 13.0. The van der Waals surface area contributed by atoms with Gasteiger partial charge in [0.2, 0.25) is 10.0 Å². The van der Waals surface area contributed by atoms with Crippen LogP contribution in [0.5, 0.6) is 0 Å². The van der Waals surface area contributed by atoms with E-state index in [0.717, 1.165) is 18.5 Å². The molecule has 1 aromatic rings. The molecule has 1 aromatic carbocycles. The van der Waals surface area contributed by atoms with Crippen LogP contribution < -0.4 is 10.5 Å². The maximum atomic E-state index is 11.6. The van der Waals surface area contributed by atoms with Crippen molar-refractivity contribution in [2.75, 3.05) is 18.8 Å². The maximum absolute atomic E-state index is 11.6. The molecule has 0 spiro atoms. The third-order valence-corrected chi connectivity index (χ3v) is 16.1. The van der Waals surface area contributed by atoms with Gasteiger partial charge in [0.25, 0.3) is 0 Å². The van der Waals surface area contributed by atoms with E-state index < -0.39 is 16.0 Å². The van der Waals surface area contributed by atoms with E-state index in [1.807, 2.05) is 12.1 Å². The summed E-state index contributed by atoms with van der Waals surface area (Å²) < 4.78 is 23.3. The van der Waals surface area contributed by atoms with Crippen LogP contribution in [0.3, 0.4) is 0 Å². The summed E-state index contributed by atoms with van der Waals surface area (Å²) in [5.41, 5.74) is 5.10. The number of aromatic carboxylic acids is 1. The molecule has 6 nitrogen and oxygen atoms in total. The first kappa shape index (κ1) is 33.9. The summed E-state index contributed by atoms with van der Waals surface area (Å²) in [6.45, 7) is 20.9. The molecule has 5 aliphatic rings. The number of nitrogens with two attached hydrogens (primary N) is 1. The molecule has 5 aliphatic carbocycles. The first-order valence-corrected chi connectivity index (χ1v) is 19.5. The molecule has 0 heterocycles. The van der Waals surface area contributed by atoms with Crippen LogP contribution in [0.2, 0.25) is 0 Å². The zero-order valence-corrected chi connectivity index (χ0v) is 29.9. The lowest BCUT2D eigenvalue weighted by atomic mass is 9.32. The highest BCUT2D eigenvalue weighted by Gasteiger charge is 2.70. The number of sulfonamides is 1. The maximum Gasteiger partial charge on any atom is 0.335 e. The van der Waals surface area contributed by atoms with Crippen LogP contribution in [0, 0.1) is 56.7 Å². The number of fused-ring (bicyclic) bond motifs is 7. The number of benzene rings is 1. The number of hydrogen-bond acceptors (Lipinski definition) is 4. The summed E-state index contributed by atoms with van der Waals surface area (Å²) in [5, 5.41) is 18.3. The molecule has 7 heteroatoms. The highest BCUT2D eigenvalue weighted by molar-refractivity contribution is 7.89. The smallest absolute Gasteiger partial charge is 0.335 e. The number of rotatable bonds is 8. The van der Waals surface area contributed by atoms with Gasteiger partial charge in [-0.2, -0.15) is 0 Å². The highest BCUT2D eigenvalue weighted by Crippen LogP contribution is 2.77. The molecular formula is C39H58N2O4S. The summed E-state index contributed by atoms with van der Waals surface area (Å²) >= 11 is 0. The quantitative estimate of drug-likeness (QED) is 0.196. The number of hydrogen-bond donors (Lipinski definition) is 3. The second kappa shape index (κ2) is 11.3. The van der Waals surface area contributed by atoms with Crippen molar-refractivity contribution in [2.24, 2.45) is 61.8 Å². The van der Waals surface area contributed by atoms with Gasteiger partial charge >= 0.3 is 5.97 Å². The fraction of sp³-hybridized carbons (Fsp3) is 0.718. The molecule has 4 N–H and O–H groups in total. The first-order chi connectivity index (χ1) is 21.4. The number of primary sulfonamides is 1. The number of carboxylic acids is 1. The predicted molar refractivity (Wildman–Crippen MR) is 187 cm³/mol. The normalized spacial score (nSPS) is 41.4. The molecule has 4 fully saturated rings. The third kappa shape index (κ3) is 5.08. The van der Waals surface area contributed by atoms with Crippen molar-refractivity contribution in [1.29, 1.82) is 0 Å². The van der Waals surface area contributed by atoms with Crippen molar-refractivity contribution >= 4 is 21.6 Å². The molecule has 0 bridgehead atoms. The largest absolute Gasteiger partial charge is 0.478 e. The molecule has 0 amide bonds. The molecule has 46 heavy (non-hydrogen) atoms. The van der Waals surface area contributed by atoms with E-state index in [9.17, 15) is 18.3 Å². The van der Waals surface area contributed by atoms with E-state index in [1.165, 1.54) is 62.5 Å². The van der Waals surface area contributed by atoms with Gasteiger partial charge in [0, 0.05) is 13.1 Å². The Balaban J connectivity index is 1.30. The van der Waals surface area contributed by atoms with Gasteiger partial charge in [0.1, 0.15) is 0 Å². The Morgan fingerprint density at radius 3 is 2.28 bits per heavy atom. The van der Waals surface area contributed by atoms with Gasteiger partial charge in [0.05, 0.1) is 11.3 Å². The number of carboxylic acid groups (broad SMARTS) is 1. The van der Waals surface area contributed by atoms with E-state index in [-0.39, 0.29) is 32.8 Å². The molecule has 0 unspecified atom stereocenters. The molecule has 0 aliphatic heterocycles. The van der Waals surface area contributed by atoms with Gasteiger partial charge in [0.15, 0.2) is 0 Å². The lowest BCUT2D eigenvalue weighted by Gasteiger charge is -2.72. The lowest BCUT2D eigenvalue weighted by Crippen LogP contribution is -2.65. The molecule has 0 saturated heterocycles. The molecule has 6 rings (SSSR count). The highest BCUT2D eigenvalue weighted by atomic mass is 32.2. The van der Waals surface area contributed by atoms with Crippen LogP contribution in [0.15, 0.2) is 42.5 Å². The molecule has 254 valence electrons. The van der Waals surface area contributed by atoms with Crippen LogP contribution in [0.4, 0.5) is 0 Å². The van der Waals surface area contributed by atoms with E-state index in [2.05, 4.69) is 59.5 Å². The third-order valence-electron chi connectivity index (χ3n) is 15.3. The topological polar surface area (TPSA) is 109 Å². The van der Waals surface area contributed by atoms with Gasteiger partial charge in [-0.05, 0) is 145 Å². The Morgan fingerprint density at radius 2 is 1.65 bits per heavy atom. The van der Waals surface area contributed by atoms with Gasteiger partial charge in [-0.1, -0.05) is 65.0 Å². The Morgan fingerprint density at radius 1 is 0.957 bits per heavy atom. The minimum Gasteiger partial charge on any atom is -0.478 e. The second-order valence-electron chi connectivity index (χ2n) is 17.5. The minimum atomic E-state index is -3.48. The predicted octanol–water partition coefficient (Wildman–Crippen LogP) is 7.91. The lowest BCUT2D eigenvalue weighted by molar-refractivity contribution is -0.225. The fourth-order valence-corrected chi connectivity index (χ4v) is 13.5. The number of nitrogens with one attached hydrogen (secondary N) is 1. The van der Waals surface area contributed by atoms with Crippen molar-refractivity contribution in [2.45, 2.75) is 99.3 Å². The minimum absolute atomic E-state index is 0.00226. The molecule has 0 radical (unpaired) electrons. The van der Waals surface area contributed by atoms with E-state index in [4.69, 9.17) is 5.14 Å². The summed E-state index contributed by atoms with van der Waals surface area (Å²) in [4.78, 5) is 11.5. The molecule has 9 atom stereocenters. The summed E-state index contributed by atoms with van der Waals surface area (Å²) in [6.07, 6.45) is 13.4. The van der Waals surface area contributed by atoms with Gasteiger partial charge in [-0.25, -0.2) is 18.4 Å². The average Bonchev–Trinajstić information content (AvgIpc) is 3.35. The van der Waals surface area contributed by atoms with Gasteiger partial charge in [-0.3, -0.25) is 0 Å². The zero-order chi connectivity index (χ0) is 33.5. The van der Waals surface area contributed by atoms with Gasteiger partial charge in [-0.15, -0.1) is 0 Å². The summed E-state index contributed by atoms with van der Waals surface area (Å²) in [6, 6.07) is 7.53. The van der Waals surface area contributed by atoms with Crippen molar-refractivity contribution in [3.05, 3.63) is 53.6 Å². The molecule has 4 saturated carbocycles. The Bertz CT molecular complexity index is 1530. The van der Waals surface area contributed by atoms with Crippen LogP contribution >= 0.6 is 0 Å². The van der Waals surface area contributed by atoms with Crippen LogP contribution in [-0.2, 0) is 10.0 Å². The van der Waals surface area contributed by atoms with Gasteiger partial charge < -0.3 is 10.4 Å². The monoisotopic (exact) mass is 650 g/mol. The van der Waals surface area contributed by atoms with Crippen molar-refractivity contribution in [1.82, 2.24) is 5.32 Å². The van der Waals surface area contributed by atoms with Crippen LogP contribution in [0.1, 0.15) is 115 Å². The van der Waals surface area contributed by atoms with Crippen molar-refractivity contribution in [3.63, 3.8) is 0 Å². The Labute approximate surface area is 278 Å².